The number of fused-ring (bicyclic) bond motifs is 1. The van der Waals surface area contributed by atoms with Gasteiger partial charge in [-0.1, -0.05) is 11.6 Å². The highest BCUT2D eigenvalue weighted by molar-refractivity contribution is 6.30. The van der Waals surface area contributed by atoms with Gasteiger partial charge in [0.2, 0.25) is 6.41 Å². The number of benzene rings is 2. The molecule has 2 aromatic carbocycles. The first-order chi connectivity index (χ1) is 10.7. The van der Waals surface area contributed by atoms with Gasteiger partial charge in [-0.05, 0) is 42.5 Å². The zero-order chi connectivity index (χ0) is 15.5. The highest BCUT2D eigenvalue weighted by Gasteiger charge is 2.15. The molecule has 0 aliphatic carbocycles. The number of hydrogen-bond donors (Lipinski definition) is 1. The summed E-state index contributed by atoms with van der Waals surface area (Å²) in [6.45, 7) is 0. The molecule has 7 heteroatoms. The minimum atomic E-state index is -0.583. The molecule has 22 heavy (non-hydrogen) atoms. The lowest BCUT2D eigenvalue weighted by Crippen LogP contribution is -2.33. The Hall–Kier alpha value is -2.86. The van der Waals surface area contributed by atoms with Crippen molar-refractivity contribution in [3.8, 4) is 0 Å². The third kappa shape index (κ3) is 2.77. The highest BCUT2D eigenvalue weighted by atomic mass is 35.5. The first kappa shape index (κ1) is 14.1. The molecule has 3 aromatic rings. The van der Waals surface area contributed by atoms with Crippen LogP contribution in [0.2, 0.25) is 5.02 Å². The molecule has 0 saturated heterocycles. The smallest absolute Gasteiger partial charge is 0.332 e. The van der Waals surface area contributed by atoms with Crippen molar-refractivity contribution in [2.45, 2.75) is 0 Å². The van der Waals surface area contributed by atoms with Crippen LogP contribution < -0.4 is 10.2 Å². The fourth-order valence-corrected chi connectivity index (χ4v) is 2.07. The average molecular weight is 316 g/mol. The number of halogens is 1. The summed E-state index contributed by atoms with van der Waals surface area (Å²) in [6.07, 6.45) is 1.76. The molecule has 6 nitrogen and oxygen atoms in total. The van der Waals surface area contributed by atoms with Gasteiger partial charge in [-0.25, -0.2) is 14.7 Å². The minimum absolute atomic E-state index is 0.416. The van der Waals surface area contributed by atoms with E-state index in [1.807, 2.05) is 0 Å². The van der Waals surface area contributed by atoms with Crippen molar-refractivity contribution < 1.29 is 14.0 Å². The maximum atomic E-state index is 12.2. The summed E-state index contributed by atoms with van der Waals surface area (Å²) in [5.74, 6) is 0. The molecule has 0 saturated carbocycles. The van der Waals surface area contributed by atoms with Gasteiger partial charge >= 0.3 is 6.03 Å². The summed E-state index contributed by atoms with van der Waals surface area (Å²) >= 11 is 5.79. The largest absolute Gasteiger partial charge is 0.443 e. The van der Waals surface area contributed by atoms with Gasteiger partial charge in [0.15, 0.2) is 12.0 Å². The molecule has 0 fully saturated rings. The Morgan fingerprint density at radius 1 is 1.23 bits per heavy atom. The number of hydrogen-bond acceptors (Lipinski definition) is 4. The molecule has 0 unspecified atom stereocenters. The molecule has 0 radical (unpaired) electrons. The lowest BCUT2D eigenvalue weighted by molar-refractivity contribution is -0.106. The summed E-state index contributed by atoms with van der Waals surface area (Å²) in [5.41, 5.74) is 2.15. The molecule has 0 spiro atoms. The third-order valence-electron chi connectivity index (χ3n) is 3.01. The Bertz CT molecular complexity index is 829. The predicted molar refractivity (Wildman–Crippen MR) is 83.0 cm³/mol. The summed E-state index contributed by atoms with van der Waals surface area (Å²) in [6, 6.07) is 10.8. The van der Waals surface area contributed by atoms with Crippen LogP contribution in [0, 0.1) is 0 Å². The quantitative estimate of drug-likeness (QED) is 0.748. The number of urea groups is 1. The van der Waals surface area contributed by atoms with Gasteiger partial charge in [-0.3, -0.25) is 4.79 Å². The van der Waals surface area contributed by atoms with E-state index in [0.717, 1.165) is 4.90 Å². The number of anilines is 2. The number of rotatable bonds is 3. The van der Waals surface area contributed by atoms with Crippen LogP contribution in [0.5, 0.6) is 0 Å². The molecule has 1 aromatic heterocycles. The predicted octanol–water partition coefficient (Wildman–Crippen LogP) is 3.68. The van der Waals surface area contributed by atoms with Gasteiger partial charge in [-0.2, -0.15) is 0 Å². The van der Waals surface area contributed by atoms with Gasteiger partial charge in [0.1, 0.15) is 5.52 Å². The maximum absolute atomic E-state index is 12.2. The molecular weight excluding hydrogens is 306 g/mol. The second-order valence-electron chi connectivity index (χ2n) is 4.42. The summed E-state index contributed by atoms with van der Waals surface area (Å²) in [5, 5.41) is 3.15. The lowest BCUT2D eigenvalue weighted by Gasteiger charge is -2.16. The first-order valence-electron chi connectivity index (χ1n) is 6.32. The Morgan fingerprint density at radius 2 is 2.00 bits per heavy atom. The van der Waals surface area contributed by atoms with Crippen LogP contribution in [0.25, 0.3) is 11.1 Å². The molecule has 1 N–H and O–H groups in total. The van der Waals surface area contributed by atoms with Crippen molar-refractivity contribution in [1.82, 2.24) is 4.98 Å². The Kier molecular flexibility index (Phi) is 3.76. The monoisotopic (exact) mass is 315 g/mol. The number of amides is 3. The zero-order valence-corrected chi connectivity index (χ0v) is 11.9. The number of oxazole rings is 1. The Labute approximate surface area is 130 Å². The molecule has 3 rings (SSSR count). The second-order valence-corrected chi connectivity index (χ2v) is 4.85. The van der Waals surface area contributed by atoms with Gasteiger partial charge in [0.25, 0.3) is 0 Å². The van der Waals surface area contributed by atoms with Gasteiger partial charge in [-0.15, -0.1) is 0 Å². The normalized spacial score (nSPS) is 10.4. The topological polar surface area (TPSA) is 75.4 Å². The number of nitrogens with one attached hydrogen (secondary N) is 1. The highest BCUT2D eigenvalue weighted by Crippen LogP contribution is 2.20. The van der Waals surface area contributed by atoms with E-state index in [9.17, 15) is 9.59 Å². The average Bonchev–Trinajstić information content (AvgIpc) is 2.97. The van der Waals surface area contributed by atoms with Crippen molar-refractivity contribution >= 4 is 46.5 Å². The maximum Gasteiger partial charge on any atom is 0.332 e. The molecule has 1 heterocycles. The van der Waals surface area contributed by atoms with E-state index in [1.165, 1.54) is 6.39 Å². The fraction of sp³-hybridized carbons (Fsp3) is 0. The Balaban J connectivity index is 1.82. The molecule has 3 amide bonds. The van der Waals surface area contributed by atoms with Crippen LogP contribution in [0.3, 0.4) is 0 Å². The SMILES string of the molecule is O=CN(C(=O)Nc1ccc2ocnc2c1)c1ccc(Cl)cc1. The molecule has 0 aliphatic rings. The van der Waals surface area contributed by atoms with Crippen molar-refractivity contribution in [2.75, 3.05) is 10.2 Å². The first-order valence-corrected chi connectivity index (χ1v) is 6.69. The second kappa shape index (κ2) is 5.87. The Morgan fingerprint density at radius 3 is 2.73 bits per heavy atom. The molecule has 110 valence electrons. The summed E-state index contributed by atoms with van der Waals surface area (Å²) in [7, 11) is 0. The summed E-state index contributed by atoms with van der Waals surface area (Å²) < 4.78 is 5.12. The lowest BCUT2D eigenvalue weighted by atomic mass is 10.3. The standard InChI is InChI=1S/C15H10ClN3O3/c16-10-1-4-12(5-2-10)19(9-20)15(21)18-11-3-6-14-13(7-11)17-8-22-14/h1-9H,(H,18,21). The molecule has 0 aliphatic heterocycles. The number of imide groups is 1. The van der Waals surface area contributed by atoms with Crippen molar-refractivity contribution in [3.05, 3.63) is 53.9 Å². The zero-order valence-electron chi connectivity index (χ0n) is 11.2. The van der Waals surface area contributed by atoms with Gasteiger partial charge in [0.05, 0.1) is 5.69 Å². The van der Waals surface area contributed by atoms with E-state index in [-0.39, 0.29) is 0 Å². The number of carbonyl (C=O) groups excluding carboxylic acids is 2. The van der Waals surface area contributed by atoms with Crippen LogP contribution in [0.15, 0.2) is 53.3 Å². The van der Waals surface area contributed by atoms with Gasteiger partial charge < -0.3 is 9.73 Å². The molecule has 0 atom stereocenters. The number of nitrogens with zero attached hydrogens (tertiary/aromatic N) is 2. The van der Waals surface area contributed by atoms with Crippen LogP contribution in [0.4, 0.5) is 16.2 Å². The fourth-order valence-electron chi connectivity index (χ4n) is 1.95. The van der Waals surface area contributed by atoms with Crippen LogP contribution >= 0.6 is 11.6 Å². The molecular formula is C15H10ClN3O3. The number of aromatic nitrogens is 1. The molecule has 0 bridgehead atoms. The van der Waals surface area contributed by atoms with E-state index >= 15 is 0 Å². The van der Waals surface area contributed by atoms with E-state index in [4.69, 9.17) is 16.0 Å². The third-order valence-corrected chi connectivity index (χ3v) is 3.26. The van der Waals surface area contributed by atoms with Crippen molar-refractivity contribution in [3.63, 3.8) is 0 Å². The summed E-state index contributed by atoms with van der Waals surface area (Å²) in [4.78, 5) is 28.4. The minimum Gasteiger partial charge on any atom is -0.443 e. The van der Waals surface area contributed by atoms with Crippen molar-refractivity contribution in [1.29, 1.82) is 0 Å². The van der Waals surface area contributed by atoms with E-state index < -0.39 is 6.03 Å². The van der Waals surface area contributed by atoms with Gasteiger partial charge in [0, 0.05) is 10.7 Å². The van der Waals surface area contributed by atoms with Crippen molar-refractivity contribution in [2.24, 2.45) is 0 Å². The van der Waals surface area contributed by atoms with E-state index in [1.54, 1.807) is 42.5 Å². The number of carbonyl (C=O) groups is 2. The van der Waals surface area contributed by atoms with Crippen LogP contribution in [-0.4, -0.2) is 17.4 Å². The van der Waals surface area contributed by atoms with Crippen LogP contribution in [0.1, 0.15) is 0 Å². The van der Waals surface area contributed by atoms with Crippen LogP contribution in [-0.2, 0) is 4.79 Å². The van der Waals surface area contributed by atoms with E-state index in [2.05, 4.69) is 10.3 Å². The van der Waals surface area contributed by atoms with E-state index in [0.29, 0.717) is 33.9 Å².